The number of amides is 1. The van der Waals surface area contributed by atoms with Crippen LogP contribution in [0.25, 0.3) is 0 Å². The molecule has 1 unspecified atom stereocenters. The second kappa shape index (κ2) is 6.14. The quantitative estimate of drug-likeness (QED) is 0.912. The molecule has 19 heavy (non-hydrogen) atoms. The van der Waals surface area contributed by atoms with Crippen molar-refractivity contribution in [2.45, 2.75) is 6.10 Å². The molecule has 0 fully saturated rings. The van der Waals surface area contributed by atoms with E-state index < -0.39 is 17.8 Å². The average molecular weight is 300 g/mol. The molecule has 2 rings (SSSR count). The van der Waals surface area contributed by atoms with Crippen molar-refractivity contribution in [3.8, 4) is 0 Å². The lowest BCUT2D eigenvalue weighted by atomic mass is 10.1. The molecule has 0 saturated carbocycles. The number of halogens is 2. The number of rotatable bonds is 4. The van der Waals surface area contributed by atoms with E-state index in [4.69, 9.17) is 11.6 Å². The number of hydrogen-bond acceptors (Lipinski definition) is 3. The molecule has 100 valence electrons. The highest BCUT2D eigenvalue weighted by Gasteiger charge is 2.17. The number of carbonyl (C=O) groups excluding carboxylic acids is 1. The number of aliphatic hydroxyl groups is 1. The van der Waals surface area contributed by atoms with Crippen LogP contribution in [0.2, 0.25) is 5.02 Å². The van der Waals surface area contributed by atoms with Crippen LogP contribution >= 0.6 is 22.9 Å². The van der Waals surface area contributed by atoms with Gasteiger partial charge < -0.3 is 10.4 Å². The van der Waals surface area contributed by atoms with Gasteiger partial charge in [0.25, 0.3) is 5.91 Å². The predicted molar refractivity (Wildman–Crippen MR) is 73.0 cm³/mol. The van der Waals surface area contributed by atoms with E-state index in [0.717, 1.165) is 6.07 Å². The topological polar surface area (TPSA) is 49.3 Å². The fourth-order valence-electron chi connectivity index (χ4n) is 1.57. The van der Waals surface area contributed by atoms with Gasteiger partial charge in [0.15, 0.2) is 0 Å². The van der Waals surface area contributed by atoms with E-state index in [1.807, 2.05) is 5.38 Å². The van der Waals surface area contributed by atoms with Crippen molar-refractivity contribution in [1.29, 1.82) is 0 Å². The smallest absolute Gasteiger partial charge is 0.255 e. The van der Waals surface area contributed by atoms with Crippen LogP contribution in [0.4, 0.5) is 4.39 Å². The summed E-state index contributed by atoms with van der Waals surface area (Å²) in [4.78, 5) is 11.8. The molecule has 3 nitrogen and oxygen atoms in total. The van der Waals surface area contributed by atoms with Gasteiger partial charge in [-0.2, -0.15) is 11.3 Å². The second-order valence-electron chi connectivity index (χ2n) is 3.88. The highest BCUT2D eigenvalue weighted by atomic mass is 35.5. The molecule has 1 aromatic carbocycles. The van der Waals surface area contributed by atoms with Gasteiger partial charge in [0.2, 0.25) is 0 Å². The average Bonchev–Trinajstić information content (AvgIpc) is 2.89. The molecule has 2 aromatic rings. The SMILES string of the molecule is O=C(NCC(O)c1ccsc1)c1c(F)cccc1Cl. The Morgan fingerprint density at radius 2 is 2.26 bits per heavy atom. The summed E-state index contributed by atoms with van der Waals surface area (Å²) in [6.45, 7) is 0.000228. The monoisotopic (exact) mass is 299 g/mol. The Labute approximate surface area is 118 Å². The van der Waals surface area contributed by atoms with Gasteiger partial charge in [-0.05, 0) is 34.5 Å². The molecule has 0 aliphatic heterocycles. The molecule has 2 N–H and O–H groups in total. The first-order valence-electron chi connectivity index (χ1n) is 5.52. The van der Waals surface area contributed by atoms with Crippen LogP contribution in [-0.4, -0.2) is 17.6 Å². The first-order chi connectivity index (χ1) is 9.09. The lowest BCUT2D eigenvalue weighted by Crippen LogP contribution is -2.29. The summed E-state index contributed by atoms with van der Waals surface area (Å²) >= 11 is 7.23. The Hall–Kier alpha value is -1.43. The molecule has 0 aliphatic carbocycles. The van der Waals surface area contributed by atoms with Crippen LogP contribution in [0.1, 0.15) is 22.0 Å². The summed E-state index contributed by atoms with van der Waals surface area (Å²) in [6.07, 6.45) is -0.819. The maximum Gasteiger partial charge on any atom is 0.255 e. The first kappa shape index (κ1) is 14.0. The standard InChI is InChI=1S/C13H11ClFNO2S/c14-9-2-1-3-10(15)12(9)13(18)16-6-11(17)8-4-5-19-7-8/h1-5,7,11,17H,6H2,(H,16,18). The second-order valence-corrected chi connectivity index (χ2v) is 5.07. The van der Waals surface area contributed by atoms with Crippen LogP contribution < -0.4 is 5.32 Å². The van der Waals surface area contributed by atoms with Gasteiger partial charge in [-0.3, -0.25) is 4.79 Å². The van der Waals surface area contributed by atoms with E-state index in [2.05, 4.69) is 5.32 Å². The van der Waals surface area contributed by atoms with Crippen molar-refractivity contribution >= 4 is 28.8 Å². The molecule has 0 saturated heterocycles. The Kier molecular flexibility index (Phi) is 4.52. The molecule has 0 spiro atoms. The minimum Gasteiger partial charge on any atom is -0.387 e. The van der Waals surface area contributed by atoms with Crippen LogP contribution in [0, 0.1) is 5.82 Å². The molecule has 0 bridgehead atoms. The Morgan fingerprint density at radius 3 is 2.89 bits per heavy atom. The molecule has 1 aromatic heterocycles. The molecule has 1 atom stereocenters. The summed E-state index contributed by atoms with van der Waals surface area (Å²) in [7, 11) is 0. The van der Waals surface area contributed by atoms with Crippen molar-refractivity contribution in [2.24, 2.45) is 0 Å². The van der Waals surface area contributed by atoms with Crippen molar-refractivity contribution < 1.29 is 14.3 Å². The number of nitrogens with one attached hydrogen (secondary N) is 1. The minimum absolute atomic E-state index is 0.000228. The summed E-state index contributed by atoms with van der Waals surface area (Å²) in [5.41, 5.74) is 0.506. The Bertz CT molecular complexity index is 554. The normalized spacial score (nSPS) is 12.2. The lowest BCUT2D eigenvalue weighted by molar-refractivity contribution is 0.0912. The van der Waals surface area contributed by atoms with Crippen LogP contribution in [0.5, 0.6) is 0 Å². The maximum atomic E-state index is 13.5. The minimum atomic E-state index is -0.819. The molecular formula is C13H11ClFNO2S. The predicted octanol–water partition coefficient (Wildman–Crippen LogP) is 3.00. The van der Waals surface area contributed by atoms with Gasteiger partial charge in [0.1, 0.15) is 5.82 Å². The zero-order chi connectivity index (χ0) is 13.8. The van der Waals surface area contributed by atoms with E-state index in [1.54, 1.807) is 11.4 Å². The molecular weight excluding hydrogens is 289 g/mol. The van der Waals surface area contributed by atoms with Crippen molar-refractivity contribution in [1.82, 2.24) is 5.32 Å². The number of thiophene rings is 1. The summed E-state index contributed by atoms with van der Waals surface area (Å²) in [5, 5.41) is 15.9. The highest BCUT2D eigenvalue weighted by molar-refractivity contribution is 7.07. The Balaban J connectivity index is 2.02. The van der Waals surface area contributed by atoms with Gasteiger partial charge >= 0.3 is 0 Å². The zero-order valence-corrected chi connectivity index (χ0v) is 11.3. The third-order valence-corrected chi connectivity index (χ3v) is 3.59. The van der Waals surface area contributed by atoms with Gasteiger partial charge in [-0.25, -0.2) is 4.39 Å². The maximum absolute atomic E-state index is 13.5. The third-order valence-electron chi connectivity index (χ3n) is 2.57. The molecule has 6 heteroatoms. The van der Waals surface area contributed by atoms with Crippen LogP contribution in [0.15, 0.2) is 35.0 Å². The molecule has 1 amide bonds. The van der Waals surface area contributed by atoms with E-state index >= 15 is 0 Å². The number of benzene rings is 1. The molecule has 1 heterocycles. The van der Waals surface area contributed by atoms with E-state index in [9.17, 15) is 14.3 Å². The van der Waals surface area contributed by atoms with E-state index in [1.165, 1.54) is 23.5 Å². The Morgan fingerprint density at radius 1 is 1.47 bits per heavy atom. The van der Waals surface area contributed by atoms with E-state index in [-0.39, 0.29) is 17.1 Å². The molecule has 0 aliphatic rings. The van der Waals surface area contributed by atoms with Crippen molar-refractivity contribution in [3.63, 3.8) is 0 Å². The number of hydrogen-bond donors (Lipinski definition) is 2. The fourth-order valence-corrected chi connectivity index (χ4v) is 2.53. The van der Waals surface area contributed by atoms with Crippen molar-refractivity contribution in [3.05, 3.63) is 57.0 Å². The van der Waals surface area contributed by atoms with Gasteiger partial charge in [0.05, 0.1) is 16.7 Å². The summed E-state index contributed by atoms with van der Waals surface area (Å²) in [6, 6.07) is 5.79. The summed E-state index contributed by atoms with van der Waals surface area (Å²) in [5.74, 6) is -1.33. The fraction of sp³-hybridized carbons (Fsp3) is 0.154. The molecule has 0 radical (unpaired) electrons. The third kappa shape index (κ3) is 3.32. The van der Waals surface area contributed by atoms with Gasteiger partial charge in [0, 0.05) is 6.54 Å². The van der Waals surface area contributed by atoms with Crippen molar-refractivity contribution in [2.75, 3.05) is 6.54 Å². The van der Waals surface area contributed by atoms with E-state index in [0.29, 0.717) is 5.56 Å². The van der Waals surface area contributed by atoms with Gasteiger partial charge in [-0.15, -0.1) is 0 Å². The number of carbonyl (C=O) groups is 1. The first-order valence-corrected chi connectivity index (χ1v) is 6.84. The number of aliphatic hydroxyl groups excluding tert-OH is 1. The van der Waals surface area contributed by atoms with Crippen LogP contribution in [0.3, 0.4) is 0 Å². The zero-order valence-electron chi connectivity index (χ0n) is 9.77. The largest absolute Gasteiger partial charge is 0.387 e. The van der Waals surface area contributed by atoms with Gasteiger partial charge in [-0.1, -0.05) is 17.7 Å². The lowest BCUT2D eigenvalue weighted by Gasteiger charge is -2.11. The highest BCUT2D eigenvalue weighted by Crippen LogP contribution is 2.19. The van der Waals surface area contributed by atoms with Crippen LogP contribution in [-0.2, 0) is 0 Å². The summed E-state index contributed by atoms with van der Waals surface area (Å²) < 4.78 is 13.5.